The van der Waals surface area contributed by atoms with E-state index in [-0.39, 0.29) is 12.4 Å². The normalized spacial score (nSPS) is 15.7. The molecule has 4 nitrogen and oxygen atoms in total. The van der Waals surface area contributed by atoms with E-state index in [9.17, 15) is 0 Å². The molecular weight excluding hydrogens is 296 g/mol. The lowest BCUT2D eigenvalue weighted by atomic mass is 10.1. The molecule has 0 spiro atoms. The molecule has 0 bridgehead atoms. The fraction of sp³-hybridized carbons (Fsp3) is 0.412. The molecule has 1 aliphatic rings. The van der Waals surface area contributed by atoms with Crippen molar-refractivity contribution in [3.05, 3.63) is 42.5 Å². The maximum absolute atomic E-state index is 4.41. The minimum Gasteiger partial charge on any atom is -0.353 e. The van der Waals surface area contributed by atoms with Gasteiger partial charge in [0.05, 0.1) is 5.69 Å². The Morgan fingerprint density at radius 2 is 1.55 bits per heavy atom. The number of hydrogen-bond donors (Lipinski definition) is 0. The van der Waals surface area contributed by atoms with Crippen molar-refractivity contribution in [3.8, 4) is 11.3 Å². The average molecular weight is 319 g/mol. The molecule has 118 valence electrons. The molecule has 0 amide bonds. The van der Waals surface area contributed by atoms with Gasteiger partial charge in [-0.25, -0.2) is 0 Å². The predicted molar refractivity (Wildman–Crippen MR) is 93.6 cm³/mol. The highest BCUT2D eigenvalue weighted by Crippen LogP contribution is 2.19. The Bertz CT molecular complexity index is 563. The maximum Gasteiger partial charge on any atom is 0.151 e. The molecule has 0 aliphatic carbocycles. The Hall–Kier alpha value is -1.65. The summed E-state index contributed by atoms with van der Waals surface area (Å²) in [6.07, 6.45) is 0. The summed E-state index contributed by atoms with van der Waals surface area (Å²) in [7, 11) is 0. The molecule has 0 unspecified atom stereocenters. The molecule has 22 heavy (non-hydrogen) atoms. The van der Waals surface area contributed by atoms with Gasteiger partial charge in [-0.05, 0) is 26.0 Å². The summed E-state index contributed by atoms with van der Waals surface area (Å²) in [5.74, 6) is 0.984. The largest absolute Gasteiger partial charge is 0.353 e. The van der Waals surface area contributed by atoms with Gasteiger partial charge in [0.2, 0.25) is 0 Å². The molecule has 2 aromatic rings. The molecule has 5 heteroatoms. The lowest BCUT2D eigenvalue weighted by Crippen LogP contribution is -2.49. The summed E-state index contributed by atoms with van der Waals surface area (Å²) in [4.78, 5) is 4.82. The van der Waals surface area contributed by atoms with Crippen molar-refractivity contribution in [3.63, 3.8) is 0 Å². The van der Waals surface area contributed by atoms with E-state index in [1.165, 1.54) is 0 Å². The van der Waals surface area contributed by atoms with Crippen LogP contribution in [0.3, 0.4) is 0 Å². The fourth-order valence-corrected chi connectivity index (χ4v) is 2.72. The van der Waals surface area contributed by atoms with E-state index in [0.717, 1.165) is 43.3 Å². The van der Waals surface area contributed by atoms with Gasteiger partial charge in [0.25, 0.3) is 0 Å². The maximum atomic E-state index is 4.41. The molecule has 0 atom stereocenters. The Labute approximate surface area is 138 Å². The molecule has 1 saturated heterocycles. The molecule has 0 radical (unpaired) electrons. The Morgan fingerprint density at radius 1 is 0.864 bits per heavy atom. The Morgan fingerprint density at radius 3 is 2.09 bits per heavy atom. The first kappa shape index (κ1) is 16.7. The van der Waals surface area contributed by atoms with Crippen LogP contribution in [-0.4, -0.2) is 47.3 Å². The topological polar surface area (TPSA) is 32.3 Å². The summed E-state index contributed by atoms with van der Waals surface area (Å²) in [5, 5.41) is 8.78. The summed E-state index contributed by atoms with van der Waals surface area (Å²) in [5.41, 5.74) is 2.04. The number of aromatic nitrogens is 2. The lowest BCUT2D eigenvalue weighted by Gasteiger charge is -2.37. The van der Waals surface area contributed by atoms with Gasteiger partial charge < -0.3 is 4.90 Å². The van der Waals surface area contributed by atoms with E-state index in [4.69, 9.17) is 0 Å². The standard InChI is InChI=1S/C17H22N4.ClH/c1-14(2)20-10-12-21(13-11-20)17-9-8-16(18-19-17)15-6-4-3-5-7-15;/h3-9,14H,10-13H2,1-2H3;1H. The smallest absolute Gasteiger partial charge is 0.151 e. The van der Waals surface area contributed by atoms with Crippen LogP contribution >= 0.6 is 12.4 Å². The first-order valence-corrected chi connectivity index (χ1v) is 7.62. The second kappa shape index (κ2) is 7.56. The van der Waals surface area contributed by atoms with Gasteiger partial charge in [-0.3, -0.25) is 4.90 Å². The lowest BCUT2D eigenvalue weighted by molar-refractivity contribution is 0.209. The Kier molecular flexibility index (Phi) is 5.75. The van der Waals surface area contributed by atoms with Gasteiger partial charge in [0.1, 0.15) is 0 Å². The molecule has 1 aromatic carbocycles. The van der Waals surface area contributed by atoms with Crippen LogP contribution in [-0.2, 0) is 0 Å². The molecule has 0 N–H and O–H groups in total. The number of rotatable bonds is 3. The zero-order valence-electron chi connectivity index (χ0n) is 13.1. The number of nitrogens with zero attached hydrogens (tertiary/aromatic N) is 4. The van der Waals surface area contributed by atoms with E-state index < -0.39 is 0 Å². The van der Waals surface area contributed by atoms with Gasteiger partial charge in [0, 0.05) is 37.8 Å². The summed E-state index contributed by atoms with van der Waals surface area (Å²) in [6, 6.07) is 15.0. The minimum atomic E-state index is 0. The van der Waals surface area contributed by atoms with Gasteiger partial charge in [-0.2, -0.15) is 0 Å². The zero-order chi connectivity index (χ0) is 14.7. The molecule has 3 rings (SSSR count). The van der Waals surface area contributed by atoms with Crippen molar-refractivity contribution in [1.82, 2.24) is 15.1 Å². The van der Waals surface area contributed by atoms with Gasteiger partial charge in [-0.1, -0.05) is 30.3 Å². The van der Waals surface area contributed by atoms with E-state index in [1.54, 1.807) is 0 Å². The van der Waals surface area contributed by atoms with E-state index in [1.807, 2.05) is 18.2 Å². The van der Waals surface area contributed by atoms with E-state index in [2.05, 4.69) is 58.1 Å². The summed E-state index contributed by atoms with van der Waals surface area (Å²) < 4.78 is 0. The van der Waals surface area contributed by atoms with Crippen molar-refractivity contribution in [1.29, 1.82) is 0 Å². The number of benzene rings is 1. The summed E-state index contributed by atoms with van der Waals surface area (Å²) >= 11 is 0. The minimum absolute atomic E-state index is 0. The third-order valence-electron chi connectivity index (χ3n) is 4.09. The van der Waals surface area contributed by atoms with Crippen molar-refractivity contribution in [2.45, 2.75) is 19.9 Å². The number of hydrogen-bond acceptors (Lipinski definition) is 4. The predicted octanol–water partition coefficient (Wildman–Crippen LogP) is 3.10. The van der Waals surface area contributed by atoms with Crippen LogP contribution in [0.1, 0.15) is 13.8 Å². The second-order valence-corrected chi connectivity index (χ2v) is 5.76. The highest BCUT2D eigenvalue weighted by molar-refractivity contribution is 5.85. The average Bonchev–Trinajstić information content (AvgIpc) is 2.56. The quantitative estimate of drug-likeness (QED) is 0.870. The molecule has 2 heterocycles. The van der Waals surface area contributed by atoms with E-state index in [0.29, 0.717) is 6.04 Å². The monoisotopic (exact) mass is 318 g/mol. The highest BCUT2D eigenvalue weighted by atomic mass is 35.5. The molecule has 0 saturated carbocycles. The van der Waals surface area contributed by atoms with Gasteiger partial charge >= 0.3 is 0 Å². The van der Waals surface area contributed by atoms with Gasteiger partial charge in [0.15, 0.2) is 5.82 Å². The molecule has 1 fully saturated rings. The van der Waals surface area contributed by atoms with Crippen LogP contribution in [0, 0.1) is 0 Å². The SMILES string of the molecule is CC(C)N1CCN(c2ccc(-c3ccccc3)nn2)CC1.Cl. The third-order valence-corrected chi connectivity index (χ3v) is 4.09. The molecule has 1 aliphatic heterocycles. The third kappa shape index (κ3) is 3.76. The van der Waals surface area contributed by atoms with E-state index >= 15 is 0 Å². The first-order valence-electron chi connectivity index (χ1n) is 7.62. The molecule has 1 aromatic heterocycles. The van der Waals surface area contributed by atoms with Crippen LogP contribution in [0.2, 0.25) is 0 Å². The second-order valence-electron chi connectivity index (χ2n) is 5.76. The van der Waals surface area contributed by atoms with Crippen LogP contribution in [0.25, 0.3) is 11.3 Å². The number of halogens is 1. The number of piperazine rings is 1. The van der Waals surface area contributed by atoms with Crippen molar-refractivity contribution in [2.24, 2.45) is 0 Å². The Balaban J connectivity index is 0.00000176. The van der Waals surface area contributed by atoms with Crippen LogP contribution in [0.5, 0.6) is 0 Å². The fourth-order valence-electron chi connectivity index (χ4n) is 2.72. The van der Waals surface area contributed by atoms with Gasteiger partial charge in [-0.15, -0.1) is 22.6 Å². The van der Waals surface area contributed by atoms with Crippen molar-refractivity contribution >= 4 is 18.2 Å². The van der Waals surface area contributed by atoms with Crippen LogP contribution in [0.15, 0.2) is 42.5 Å². The van der Waals surface area contributed by atoms with Crippen LogP contribution in [0.4, 0.5) is 5.82 Å². The van der Waals surface area contributed by atoms with Crippen molar-refractivity contribution < 1.29 is 0 Å². The first-order chi connectivity index (χ1) is 10.2. The highest BCUT2D eigenvalue weighted by Gasteiger charge is 2.19. The number of anilines is 1. The molecular formula is C17H23ClN4. The van der Waals surface area contributed by atoms with Crippen LogP contribution < -0.4 is 4.90 Å². The summed E-state index contributed by atoms with van der Waals surface area (Å²) in [6.45, 7) is 8.75. The zero-order valence-corrected chi connectivity index (χ0v) is 14.0. The van der Waals surface area contributed by atoms with Crippen molar-refractivity contribution in [2.75, 3.05) is 31.1 Å².